The van der Waals surface area contributed by atoms with Crippen LogP contribution in [0, 0.1) is 0 Å². The fourth-order valence-corrected chi connectivity index (χ4v) is 2.96. The molecule has 0 radical (unpaired) electrons. The van der Waals surface area contributed by atoms with Gasteiger partial charge in [0.2, 0.25) is 0 Å². The van der Waals surface area contributed by atoms with Crippen LogP contribution in [0.1, 0.15) is 32.6 Å². The minimum atomic E-state index is 1.02. The maximum Gasteiger partial charge on any atom is 0.0801 e. The van der Waals surface area contributed by atoms with E-state index in [1.807, 2.05) is 12.3 Å². The van der Waals surface area contributed by atoms with E-state index < -0.39 is 0 Å². The Morgan fingerprint density at radius 2 is 1.74 bits per heavy atom. The highest BCUT2D eigenvalue weighted by Crippen LogP contribution is 2.30. The number of unbranched alkanes of at least 4 members (excludes halogenated alkanes) is 3. The van der Waals surface area contributed by atoms with Crippen molar-refractivity contribution in [2.45, 2.75) is 32.6 Å². The molecule has 0 bridgehead atoms. The first-order valence-electron chi connectivity index (χ1n) is 8.57. The first kappa shape index (κ1) is 15.5. The van der Waals surface area contributed by atoms with Gasteiger partial charge < -0.3 is 5.32 Å². The maximum absolute atomic E-state index is 4.64. The van der Waals surface area contributed by atoms with Gasteiger partial charge in [-0.2, -0.15) is 0 Å². The van der Waals surface area contributed by atoms with Gasteiger partial charge >= 0.3 is 0 Å². The molecule has 1 heterocycles. The number of rotatable bonds is 7. The largest absolute Gasteiger partial charge is 0.384 e. The number of fused-ring (bicyclic) bond motifs is 1. The lowest BCUT2D eigenvalue weighted by molar-refractivity contribution is 0.685. The van der Waals surface area contributed by atoms with E-state index in [-0.39, 0.29) is 0 Å². The number of benzene rings is 2. The number of nitrogens with zero attached hydrogens (tertiary/aromatic N) is 1. The van der Waals surface area contributed by atoms with E-state index in [0.29, 0.717) is 0 Å². The average molecular weight is 304 g/mol. The third-order valence-electron chi connectivity index (χ3n) is 4.20. The van der Waals surface area contributed by atoms with Gasteiger partial charge in [-0.25, -0.2) is 0 Å². The Balaban J connectivity index is 1.87. The van der Waals surface area contributed by atoms with Crippen LogP contribution in [0.2, 0.25) is 0 Å². The summed E-state index contributed by atoms with van der Waals surface area (Å²) in [4.78, 5) is 4.64. The van der Waals surface area contributed by atoms with Crippen LogP contribution in [-0.2, 0) is 0 Å². The van der Waals surface area contributed by atoms with Gasteiger partial charge in [0.1, 0.15) is 0 Å². The van der Waals surface area contributed by atoms with E-state index in [0.717, 1.165) is 12.1 Å². The monoisotopic (exact) mass is 304 g/mol. The third kappa shape index (κ3) is 3.70. The average Bonchev–Trinajstić information content (AvgIpc) is 2.62. The molecule has 0 amide bonds. The van der Waals surface area contributed by atoms with E-state index in [4.69, 9.17) is 0 Å². The molecule has 23 heavy (non-hydrogen) atoms. The van der Waals surface area contributed by atoms with Crippen LogP contribution in [0.15, 0.2) is 60.8 Å². The van der Waals surface area contributed by atoms with Crippen molar-refractivity contribution in [1.82, 2.24) is 4.98 Å². The topological polar surface area (TPSA) is 24.9 Å². The van der Waals surface area contributed by atoms with Gasteiger partial charge in [-0.15, -0.1) is 0 Å². The molecule has 0 aliphatic heterocycles. The van der Waals surface area contributed by atoms with E-state index in [1.165, 1.54) is 47.9 Å². The molecule has 0 aliphatic carbocycles. The lowest BCUT2D eigenvalue weighted by Crippen LogP contribution is -2.02. The van der Waals surface area contributed by atoms with Crippen molar-refractivity contribution >= 4 is 16.6 Å². The van der Waals surface area contributed by atoms with Crippen molar-refractivity contribution in [3.63, 3.8) is 0 Å². The molecule has 0 fully saturated rings. The van der Waals surface area contributed by atoms with Crippen LogP contribution in [-0.4, -0.2) is 11.5 Å². The molecule has 118 valence electrons. The second kappa shape index (κ2) is 7.77. The lowest BCUT2D eigenvalue weighted by Gasteiger charge is -2.12. The molecule has 1 aromatic heterocycles. The van der Waals surface area contributed by atoms with Gasteiger partial charge in [-0.1, -0.05) is 74.7 Å². The maximum atomic E-state index is 4.64. The van der Waals surface area contributed by atoms with Crippen molar-refractivity contribution in [2.75, 3.05) is 11.9 Å². The SMILES string of the molecule is CCCCCCNc1ccnc2c(-c3ccccc3)cccc12. The van der Waals surface area contributed by atoms with Crippen LogP contribution in [0.3, 0.4) is 0 Å². The number of nitrogens with one attached hydrogen (secondary N) is 1. The van der Waals surface area contributed by atoms with Crippen molar-refractivity contribution in [3.8, 4) is 11.1 Å². The Bertz CT molecular complexity index is 750. The van der Waals surface area contributed by atoms with Crippen molar-refractivity contribution in [1.29, 1.82) is 0 Å². The van der Waals surface area contributed by atoms with Gasteiger partial charge in [0.25, 0.3) is 0 Å². The summed E-state index contributed by atoms with van der Waals surface area (Å²) in [6, 6.07) is 19.0. The predicted molar refractivity (Wildman–Crippen MR) is 99.8 cm³/mol. The molecule has 0 atom stereocenters. The highest BCUT2D eigenvalue weighted by atomic mass is 14.9. The highest BCUT2D eigenvalue weighted by molar-refractivity contribution is 6.00. The number of para-hydroxylation sites is 1. The summed E-state index contributed by atoms with van der Waals surface area (Å²) in [5.74, 6) is 0. The standard InChI is InChI=1S/C21H24N2/c1-2-3-4-8-15-22-20-14-16-23-21-18(12-9-13-19(20)21)17-10-6-5-7-11-17/h5-7,9-14,16H,2-4,8,15H2,1H3,(H,22,23). The molecular formula is C21H24N2. The molecule has 0 saturated heterocycles. The van der Waals surface area contributed by atoms with E-state index in [9.17, 15) is 0 Å². The highest BCUT2D eigenvalue weighted by Gasteiger charge is 2.07. The number of pyridine rings is 1. The molecule has 0 aliphatic rings. The molecule has 0 spiro atoms. The normalized spacial score (nSPS) is 10.8. The Hall–Kier alpha value is -2.35. The quantitative estimate of drug-likeness (QED) is 0.550. The summed E-state index contributed by atoms with van der Waals surface area (Å²) in [7, 11) is 0. The predicted octanol–water partition coefficient (Wildman–Crippen LogP) is 5.89. The fraction of sp³-hybridized carbons (Fsp3) is 0.286. The Morgan fingerprint density at radius 1 is 0.870 bits per heavy atom. The second-order valence-corrected chi connectivity index (χ2v) is 5.91. The summed E-state index contributed by atoms with van der Waals surface area (Å²) >= 11 is 0. The number of aromatic nitrogens is 1. The van der Waals surface area contributed by atoms with Crippen molar-refractivity contribution < 1.29 is 0 Å². The van der Waals surface area contributed by atoms with Crippen molar-refractivity contribution in [2.24, 2.45) is 0 Å². The van der Waals surface area contributed by atoms with E-state index in [1.54, 1.807) is 0 Å². The van der Waals surface area contributed by atoms with Crippen LogP contribution in [0.25, 0.3) is 22.0 Å². The number of hydrogen-bond acceptors (Lipinski definition) is 2. The first-order valence-corrected chi connectivity index (χ1v) is 8.57. The number of hydrogen-bond donors (Lipinski definition) is 1. The minimum absolute atomic E-state index is 1.02. The van der Waals surface area contributed by atoms with Crippen molar-refractivity contribution in [3.05, 3.63) is 60.8 Å². The lowest BCUT2D eigenvalue weighted by atomic mass is 10.0. The van der Waals surface area contributed by atoms with Crippen LogP contribution in [0.5, 0.6) is 0 Å². The first-order chi connectivity index (χ1) is 11.4. The van der Waals surface area contributed by atoms with Crippen LogP contribution < -0.4 is 5.32 Å². The Morgan fingerprint density at radius 3 is 2.57 bits per heavy atom. The fourth-order valence-electron chi connectivity index (χ4n) is 2.96. The van der Waals surface area contributed by atoms with Gasteiger partial charge in [-0.3, -0.25) is 4.98 Å². The summed E-state index contributed by atoms with van der Waals surface area (Å²) in [5.41, 5.74) is 4.66. The molecule has 3 aromatic rings. The molecule has 2 heteroatoms. The molecule has 2 aromatic carbocycles. The van der Waals surface area contributed by atoms with Gasteiger partial charge in [-0.05, 0) is 18.1 Å². The zero-order chi connectivity index (χ0) is 15.9. The third-order valence-corrected chi connectivity index (χ3v) is 4.20. The molecule has 2 nitrogen and oxygen atoms in total. The Kier molecular flexibility index (Phi) is 5.25. The van der Waals surface area contributed by atoms with Gasteiger partial charge in [0, 0.05) is 29.4 Å². The minimum Gasteiger partial charge on any atom is -0.384 e. The van der Waals surface area contributed by atoms with E-state index in [2.05, 4.69) is 65.8 Å². The summed E-state index contributed by atoms with van der Waals surface area (Å²) in [6.45, 7) is 3.27. The van der Waals surface area contributed by atoms with Crippen LogP contribution in [0.4, 0.5) is 5.69 Å². The molecule has 0 unspecified atom stereocenters. The number of anilines is 1. The zero-order valence-electron chi connectivity index (χ0n) is 13.8. The summed E-state index contributed by atoms with van der Waals surface area (Å²) in [5, 5.41) is 4.78. The molecule has 1 N–H and O–H groups in total. The van der Waals surface area contributed by atoms with Gasteiger partial charge in [0.15, 0.2) is 0 Å². The Labute approximate surface area is 138 Å². The van der Waals surface area contributed by atoms with Crippen LogP contribution >= 0.6 is 0 Å². The zero-order valence-corrected chi connectivity index (χ0v) is 13.8. The smallest absolute Gasteiger partial charge is 0.0801 e. The molecule has 3 rings (SSSR count). The van der Waals surface area contributed by atoms with Gasteiger partial charge in [0.05, 0.1) is 5.52 Å². The summed E-state index contributed by atoms with van der Waals surface area (Å²) in [6.07, 6.45) is 7.01. The van der Waals surface area contributed by atoms with E-state index >= 15 is 0 Å². The molecular weight excluding hydrogens is 280 g/mol. The summed E-state index contributed by atoms with van der Waals surface area (Å²) < 4.78 is 0. The molecule has 0 saturated carbocycles. The second-order valence-electron chi connectivity index (χ2n) is 5.91.